The SMILES string of the molecule is CC(=O)O.CC(=O)O.O=S(=O)(O)O.O=S(=O)(O)O. The van der Waals surface area contributed by atoms with Crippen molar-refractivity contribution in [1.29, 1.82) is 0 Å². The Balaban J connectivity index is -0.0000000731. The van der Waals surface area contributed by atoms with Crippen molar-refractivity contribution < 1.29 is 54.8 Å². The predicted octanol–water partition coefficient (Wildman–Crippen LogP) is -1.12. The third-order valence-electron chi connectivity index (χ3n) is 0. The number of rotatable bonds is 0. The first-order valence-corrected chi connectivity index (χ1v) is 6.05. The standard InChI is InChI=1S/2C2H4O2.2H2O4S/c2*1-2(3)4;2*1-5(2,3)4/h2*1H3,(H,3,4);2*(H2,1,2,3,4). The summed E-state index contributed by atoms with van der Waals surface area (Å²) in [5, 5.41) is 14.8. The molecular weight excluding hydrogens is 304 g/mol. The Kier molecular flexibility index (Phi) is 17.2. The first-order valence-electron chi connectivity index (χ1n) is 3.25. The van der Waals surface area contributed by atoms with E-state index in [9.17, 15) is 0 Å². The Bertz CT molecular complexity index is 349. The van der Waals surface area contributed by atoms with Gasteiger partial charge < -0.3 is 10.2 Å². The molecule has 0 radical (unpaired) electrons. The van der Waals surface area contributed by atoms with E-state index in [1.54, 1.807) is 0 Å². The van der Waals surface area contributed by atoms with Crippen LogP contribution in [0, 0.1) is 0 Å². The van der Waals surface area contributed by atoms with Crippen molar-refractivity contribution in [3.05, 3.63) is 0 Å². The first-order chi connectivity index (χ1) is 7.46. The zero-order valence-corrected chi connectivity index (χ0v) is 10.6. The Labute approximate surface area is 102 Å². The maximum absolute atomic E-state index is 9.00. The van der Waals surface area contributed by atoms with Crippen LogP contribution < -0.4 is 0 Å². The summed E-state index contributed by atoms with van der Waals surface area (Å²) in [4.78, 5) is 18.0. The molecule has 0 aromatic rings. The number of hydrogen-bond donors (Lipinski definition) is 6. The van der Waals surface area contributed by atoms with E-state index in [4.69, 9.17) is 54.8 Å². The van der Waals surface area contributed by atoms with Crippen LogP contribution in [-0.2, 0) is 30.4 Å². The summed E-state index contributed by atoms with van der Waals surface area (Å²) < 4.78 is 63.2. The fraction of sp³-hybridized carbons (Fsp3) is 0.500. The Morgan fingerprint density at radius 3 is 0.667 bits per heavy atom. The second-order valence-electron chi connectivity index (χ2n) is 1.93. The molecule has 112 valence electrons. The van der Waals surface area contributed by atoms with Gasteiger partial charge >= 0.3 is 20.8 Å². The molecule has 0 aromatic heterocycles. The zero-order chi connectivity index (χ0) is 16.2. The van der Waals surface area contributed by atoms with Crippen LogP contribution in [-0.4, -0.2) is 57.2 Å². The molecule has 0 aliphatic heterocycles. The van der Waals surface area contributed by atoms with Crippen molar-refractivity contribution in [2.24, 2.45) is 0 Å². The summed E-state index contributed by atoms with van der Waals surface area (Å²) in [5.41, 5.74) is 0. The minimum Gasteiger partial charge on any atom is -0.481 e. The van der Waals surface area contributed by atoms with E-state index < -0.39 is 32.7 Å². The molecular formula is C4H12O12S2. The lowest BCUT2D eigenvalue weighted by Gasteiger charge is -1.68. The molecule has 0 heterocycles. The molecule has 0 bridgehead atoms. The van der Waals surface area contributed by atoms with Gasteiger partial charge in [0.1, 0.15) is 0 Å². The molecule has 14 heteroatoms. The molecule has 0 saturated carbocycles. The van der Waals surface area contributed by atoms with E-state index in [0.717, 1.165) is 13.8 Å². The second kappa shape index (κ2) is 12.1. The van der Waals surface area contributed by atoms with Crippen molar-refractivity contribution in [2.45, 2.75) is 13.8 Å². The first kappa shape index (κ1) is 25.5. The minimum absolute atomic E-state index is 0.833. The van der Waals surface area contributed by atoms with Gasteiger partial charge in [0.15, 0.2) is 0 Å². The minimum atomic E-state index is -4.67. The highest BCUT2D eigenvalue weighted by Gasteiger charge is 1.85. The van der Waals surface area contributed by atoms with Gasteiger partial charge in [-0.3, -0.25) is 27.8 Å². The third kappa shape index (κ3) is 1580. The van der Waals surface area contributed by atoms with Gasteiger partial charge in [-0.15, -0.1) is 0 Å². The lowest BCUT2D eigenvalue weighted by molar-refractivity contribution is -0.135. The molecule has 0 unspecified atom stereocenters. The number of carboxylic acids is 2. The van der Waals surface area contributed by atoms with Gasteiger partial charge in [0, 0.05) is 13.8 Å². The molecule has 0 atom stereocenters. The average Bonchev–Trinajstić information content (AvgIpc) is 1.70. The maximum atomic E-state index is 9.00. The van der Waals surface area contributed by atoms with Crippen LogP contribution in [0.5, 0.6) is 0 Å². The summed E-state index contributed by atoms with van der Waals surface area (Å²) in [6.45, 7) is 2.17. The molecule has 0 amide bonds. The summed E-state index contributed by atoms with van der Waals surface area (Å²) in [6.07, 6.45) is 0. The van der Waals surface area contributed by atoms with Crippen LogP contribution in [0.3, 0.4) is 0 Å². The molecule has 18 heavy (non-hydrogen) atoms. The van der Waals surface area contributed by atoms with Gasteiger partial charge in [0.05, 0.1) is 0 Å². The number of carbonyl (C=O) groups is 2. The fourth-order valence-corrected chi connectivity index (χ4v) is 0. The van der Waals surface area contributed by atoms with Crippen molar-refractivity contribution in [1.82, 2.24) is 0 Å². The molecule has 0 aliphatic carbocycles. The van der Waals surface area contributed by atoms with Gasteiger partial charge in [0.2, 0.25) is 0 Å². The Hall–Kier alpha value is -1.32. The van der Waals surface area contributed by atoms with Gasteiger partial charge in [-0.1, -0.05) is 0 Å². The van der Waals surface area contributed by atoms with Crippen molar-refractivity contribution in [3.63, 3.8) is 0 Å². The molecule has 0 aliphatic rings. The largest absolute Gasteiger partial charge is 0.481 e. The summed E-state index contributed by atoms with van der Waals surface area (Å²) in [7, 11) is -9.33. The summed E-state index contributed by atoms with van der Waals surface area (Å²) in [6, 6.07) is 0. The monoisotopic (exact) mass is 316 g/mol. The maximum Gasteiger partial charge on any atom is 0.394 e. The van der Waals surface area contributed by atoms with Gasteiger partial charge in [0.25, 0.3) is 11.9 Å². The van der Waals surface area contributed by atoms with E-state index in [2.05, 4.69) is 0 Å². The summed E-state index contributed by atoms with van der Waals surface area (Å²) in [5.74, 6) is -1.67. The van der Waals surface area contributed by atoms with Crippen LogP contribution in [0.25, 0.3) is 0 Å². The highest BCUT2D eigenvalue weighted by Crippen LogP contribution is 1.59. The second-order valence-corrected chi connectivity index (χ2v) is 3.73. The van der Waals surface area contributed by atoms with Crippen LogP contribution >= 0.6 is 0 Å². The average molecular weight is 316 g/mol. The molecule has 0 fully saturated rings. The molecule has 0 aromatic carbocycles. The van der Waals surface area contributed by atoms with Crippen LogP contribution in [0.2, 0.25) is 0 Å². The number of hydrogen-bond acceptors (Lipinski definition) is 6. The Morgan fingerprint density at radius 1 is 0.667 bits per heavy atom. The third-order valence-corrected chi connectivity index (χ3v) is 0. The zero-order valence-electron chi connectivity index (χ0n) is 8.95. The van der Waals surface area contributed by atoms with Crippen molar-refractivity contribution in [3.8, 4) is 0 Å². The lowest BCUT2D eigenvalue weighted by atomic mass is 10.9. The molecule has 12 nitrogen and oxygen atoms in total. The molecule has 6 N–H and O–H groups in total. The highest BCUT2D eigenvalue weighted by atomic mass is 32.3. The van der Waals surface area contributed by atoms with E-state index in [-0.39, 0.29) is 0 Å². The lowest BCUT2D eigenvalue weighted by Crippen LogP contribution is -1.89. The predicted molar refractivity (Wildman–Crippen MR) is 55.0 cm³/mol. The van der Waals surface area contributed by atoms with Crippen molar-refractivity contribution in [2.75, 3.05) is 0 Å². The van der Waals surface area contributed by atoms with E-state index >= 15 is 0 Å². The van der Waals surface area contributed by atoms with E-state index in [0.29, 0.717) is 0 Å². The van der Waals surface area contributed by atoms with E-state index in [1.807, 2.05) is 0 Å². The van der Waals surface area contributed by atoms with Gasteiger partial charge in [-0.05, 0) is 0 Å². The number of carboxylic acid groups (broad SMARTS) is 2. The van der Waals surface area contributed by atoms with Gasteiger partial charge in [-0.25, -0.2) is 0 Å². The quantitative estimate of drug-likeness (QED) is 0.292. The smallest absolute Gasteiger partial charge is 0.394 e. The van der Waals surface area contributed by atoms with Crippen LogP contribution in [0.1, 0.15) is 13.8 Å². The normalized spacial score (nSPS) is 9.22. The van der Waals surface area contributed by atoms with E-state index in [1.165, 1.54) is 0 Å². The molecule has 0 rings (SSSR count). The Morgan fingerprint density at radius 2 is 0.667 bits per heavy atom. The summed E-state index contributed by atoms with van der Waals surface area (Å²) >= 11 is 0. The fourth-order valence-electron chi connectivity index (χ4n) is 0. The number of aliphatic carboxylic acids is 2. The van der Waals surface area contributed by atoms with Crippen molar-refractivity contribution >= 4 is 32.7 Å². The molecule has 0 saturated heterocycles. The topological polar surface area (TPSA) is 224 Å². The highest BCUT2D eigenvalue weighted by molar-refractivity contribution is 7.80. The van der Waals surface area contributed by atoms with Crippen LogP contribution in [0.15, 0.2) is 0 Å². The van der Waals surface area contributed by atoms with Crippen LogP contribution in [0.4, 0.5) is 0 Å². The molecule has 0 spiro atoms. The van der Waals surface area contributed by atoms with Gasteiger partial charge in [-0.2, -0.15) is 16.8 Å².